The number of aromatic nitrogens is 4. The molecule has 2 heterocycles. The number of hydrogen-bond donors (Lipinski definition) is 2. The number of thioether (sulfide) groups is 1. The second-order valence-electron chi connectivity index (χ2n) is 4.55. The fourth-order valence-electron chi connectivity index (χ4n) is 1.94. The average molecular weight is 364 g/mol. The number of benzene rings is 1. The van der Waals surface area contributed by atoms with Gasteiger partial charge in [-0.25, -0.2) is 18.2 Å². The molecule has 3 rings (SSSR count). The number of nitrogens with zero attached hydrogens (tertiary/aromatic N) is 4. The highest BCUT2D eigenvalue weighted by molar-refractivity contribution is 8.01. The third-order valence-electron chi connectivity index (χ3n) is 3.04. The largest absolute Gasteiger partial charge is 0.411 e. The molecule has 0 fully saturated rings. The Morgan fingerprint density at radius 2 is 1.96 bits per heavy atom. The van der Waals surface area contributed by atoms with E-state index in [0.717, 1.165) is 0 Å². The van der Waals surface area contributed by atoms with Crippen LogP contribution in [0.25, 0.3) is 17.1 Å². The van der Waals surface area contributed by atoms with E-state index < -0.39 is 10.0 Å². The molecule has 0 amide bonds. The van der Waals surface area contributed by atoms with Gasteiger partial charge in [-0.1, -0.05) is 6.58 Å². The molecule has 0 radical (unpaired) electrons. The van der Waals surface area contributed by atoms with Crippen LogP contribution in [0.1, 0.15) is 0 Å². The summed E-state index contributed by atoms with van der Waals surface area (Å²) >= 11 is 1.19. The summed E-state index contributed by atoms with van der Waals surface area (Å²) < 4.78 is 29.4. The lowest BCUT2D eigenvalue weighted by Crippen LogP contribution is -2.12. The Morgan fingerprint density at radius 1 is 1.25 bits per heavy atom. The van der Waals surface area contributed by atoms with E-state index >= 15 is 0 Å². The minimum absolute atomic E-state index is 0.000180. The van der Waals surface area contributed by atoms with Crippen molar-refractivity contribution < 1.29 is 12.8 Å². The number of nitrogen functional groups attached to an aromatic ring is 1. The van der Waals surface area contributed by atoms with Gasteiger partial charge in [0, 0.05) is 0 Å². The van der Waals surface area contributed by atoms with E-state index in [9.17, 15) is 8.42 Å². The Morgan fingerprint density at radius 3 is 2.58 bits per heavy atom. The highest BCUT2D eigenvalue weighted by Gasteiger charge is 2.17. The number of nitrogens with two attached hydrogens (primary N) is 2. The molecule has 11 heteroatoms. The number of primary sulfonamides is 1. The van der Waals surface area contributed by atoms with Crippen molar-refractivity contribution in [3.8, 4) is 17.1 Å². The third kappa shape index (κ3) is 3.04. The molecule has 0 aliphatic carbocycles. The van der Waals surface area contributed by atoms with Crippen molar-refractivity contribution in [2.24, 2.45) is 5.14 Å². The van der Waals surface area contributed by atoms with Crippen LogP contribution < -0.4 is 10.9 Å². The number of hydrogen-bond acceptors (Lipinski definition) is 8. The molecule has 1 aromatic carbocycles. The Balaban J connectivity index is 1.96. The molecule has 0 bridgehead atoms. The van der Waals surface area contributed by atoms with Gasteiger partial charge in [0.15, 0.2) is 0 Å². The monoisotopic (exact) mass is 364 g/mol. The third-order valence-corrected chi connectivity index (χ3v) is 4.50. The molecule has 0 saturated carbocycles. The maximum absolute atomic E-state index is 11.3. The summed E-state index contributed by atoms with van der Waals surface area (Å²) in [6.07, 6.45) is 1.48. The zero-order chi connectivity index (χ0) is 17.3. The fraction of sp³-hybridized carbons (Fsp3) is 0. The van der Waals surface area contributed by atoms with Crippen LogP contribution in [0.4, 0.5) is 5.82 Å². The molecular weight excluding hydrogens is 352 g/mol. The molecule has 0 spiro atoms. The van der Waals surface area contributed by atoms with Crippen LogP contribution in [0.15, 0.2) is 57.0 Å². The lowest BCUT2D eigenvalue weighted by atomic mass is 10.3. The van der Waals surface area contributed by atoms with E-state index in [1.807, 2.05) is 0 Å². The van der Waals surface area contributed by atoms with Crippen LogP contribution in [-0.4, -0.2) is 28.4 Å². The van der Waals surface area contributed by atoms with E-state index in [-0.39, 0.29) is 16.6 Å². The second kappa shape index (κ2) is 6.11. The van der Waals surface area contributed by atoms with E-state index in [2.05, 4.69) is 21.9 Å². The molecule has 3 aromatic rings. The van der Waals surface area contributed by atoms with E-state index in [1.165, 1.54) is 34.8 Å². The van der Waals surface area contributed by atoms with Gasteiger partial charge in [0.1, 0.15) is 11.4 Å². The molecule has 4 N–H and O–H groups in total. The van der Waals surface area contributed by atoms with Gasteiger partial charge in [-0.15, -0.1) is 10.2 Å². The minimum Gasteiger partial charge on any atom is -0.411 e. The van der Waals surface area contributed by atoms with Crippen LogP contribution in [0, 0.1) is 0 Å². The molecule has 0 saturated heterocycles. The first-order valence-corrected chi connectivity index (χ1v) is 8.91. The highest BCUT2D eigenvalue weighted by Crippen LogP contribution is 2.29. The van der Waals surface area contributed by atoms with Gasteiger partial charge in [0.25, 0.3) is 11.1 Å². The lowest BCUT2D eigenvalue weighted by molar-refractivity contribution is 0.467. The van der Waals surface area contributed by atoms with Crippen molar-refractivity contribution in [2.75, 3.05) is 5.73 Å². The normalized spacial score (nSPS) is 11.5. The quantitative estimate of drug-likeness (QED) is 0.646. The van der Waals surface area contributed by atoms with Crippen molar-refractivity contribution in [3.63, 3.8) is 0 Å². The summed E-state index contributed by atoms with van der Waals surface area (Å²) in [4.78, 5) is 0.000180. The molecule has 2 aromatic heterocycles. The Bertz CT molecular complexity index is 991. The molecular formula is C13H12N6O3S2. The Labute approximate surface area is 141 Å². The molecule has 0 aliphatic rings. The maximum atomic E-state index is 11.3. The van der Waals surface area contributed by atoms with Gasteiger partial charge in [-0.05, 0) is 41.4 Å². The first-order chi connectivity index (χ1) is 11.4. The topological polar surface area (TPSA) is 143 Å². The van der Waals surface area contributed by atoms with Gasteiger partial charge >= 0.3 is 0 Å². The predicted molar refractivity (Wildman–Crippen MR) is 88.7 cm³/mol. The highest BCUT2D eigenvalue weighted by atomic mass is 32.2. The van der Waals surface area contributed by atoms with Crippen molar-refractivity contribution >= 4 is 27.6 Å². The second-order valence-corrected chi connectivity index (χ2v) is 7.03. The summed E-state index contributed by atoms with van der Waals surface area (Å²) in [5.41, 5.74) is 7.11. The average Bonchev–Trinajstić information content (AvgIpc) is 3.13. The first-order valence-electron chi connectivity index (χ1n) is 6.48. The predicted octanol–water partition coefficient (Wildman–Crippen LogP) is 1.39. The Hall–Kier alpha value is -2.63. The molecule has 9 nitrogen and oxygen atoms in total. The summed E-state index contributed by atoms with van der Waals surface area (Å²) in [7, 11) is -3.76. The van der Waals surface area contributed by atoms with Gasteiger partial charge in [0.05, 0.1) is 16.8 Å². The summed E-state index contributed by atoms with van der Waals surface area (Å²) in [5.74, 6) is 0.501. The summed E-state index contributed by atoms with van der Waals surface area (Å²) in [6, 6.07) is 5.83. The number of anilines is 1. The minimum atomic E-state index is -3.76. The molecule has 24 heavy (non-hydrogen) atoms. The standard InChI is InChI=1S/C13H12N6O3S2/c1-2-23-13-18-17-12(22-13)10-7-16-19(11(10)14)8-3-5-9(6-4-8)24(15,20)21/h2-7H,1,14H2,(H2,15,20,21). The van der Waals surface area contributed by atoms with E-state index in [4.69, 9.17) is 15.3 Å². The molecule has 0 aliphatic heterocycles. The van der Waals surface area contributed by atoms with Gasteiger partial charge in [-0.3, -0.25) is 0 Å². The zero-order valence-electron chi connectivity index (χ0n) is 12.2. The SMILES string of the molecule is C=CSc1nnc(-c2cnn(-c3ccc(S(N)(=O)=O)cc3)c2N)o1. The van der Waals surface area contributed by atoms with E-state index in [1.54, 1.807) is 17.5 Å². The maximum Gasteiger partial charge on any atom is 0.281 e. The van der Waals surface area contributed by atoms with Gasteiger partial charge < -0.3 is 10.2 Å². The molecule has 0 unspecified atom stereocenters. The number of rotatable bonds is 5. The van der Waals surface area contributed by atoms with Crippen LogP contribution >= 0.6 is 11.8 Å². The lowest BCUT2D eigenvalue weighted by Gasteiger charge is -2.05. The van der Waals surface area contributed by atoms with Gasteiger partial charge in [-0.2, -0.15) is 5.10 Å². The van der Waals surface area contributed by atoms with Crippen LogP contribution in [-0.2, 0) is 10.0 Å². The summed E-state index contributed by atoms with van der Waals surface area (Å²) in [5, 5.41) is 18.9. The van der Waals surface area contributed by atoms with Crippen molar-refractivity contribution in [1.29, 1.82) is 0 Å². The van der Waals surface area contributed by atoms with Gasteiger partial charge in [0.2, 0.25) is 10.0 Å². The zero-order valence-corrected chi connectivity index (χ0v) is 13.8. The summed E-state index contributed by atoms with van der Waals surface area (Å²) in [6.45, 7) is 3.57. The fourth-order valence-corrected chi connectivity index (χ4v) is 2.82. The van der Waals surface area contributed by atoms with Crippen molar-refractivity contribution in [3.05, 3.63) is 42.4 Å². The van der Waals surface area contributed by atoms with Crippen molar-refractivity contribution in [2.45, 2.75) is 10.1 Å². The van der Waals surface area contributed by atoms with Crippen LogP contribution in [0.5, 0.6) is 0 Å². The molecule has 124 valence electrons. The van der Waals surface area contributed by atoms with Crippen LogP contribution in [0.3, 0.4) is 0 Å². The Kier molecular flexibility index (Phi) is 4.13. The molecule has 0 atom stereocenters. The first kappa shape index (κ1) is 16.2. The van der Waals surface area contributed by atoms with Crippen LogP contribution in [0.2, 0.25) is 0 Å². The number of sulfonamides is 1. The smallest absolute Gasteiger partial charge is 0.281 e. The van der Waals surface area contributed by atoms with Crippen molar-refractivity contribution in [1.82, 2.24) is 20.0 Å². The van der Waals surface area contributed by atoms with E-state index in [0.29, 0.717) is 16.5 Å².